The highest BCUT2D eigenvalue weighted by molar-refractivity contribution is 6.28. The molecule has 0 atom stereocenters. The summed E-state index contributed by atoms with van der Waals surface area (Å²) >= 11 is 6.48. The van der Waals surface area contributed by atoms with Gasteiger partial charge < -0.3 is 0 Å². The monoisotopic (exact) mass is 595 g/mol. The fourth-order valence-corrected chi connectivity index (χ4v) is 6.20. The molecule has 3 nitrogen and oxygen atoms in total. The van der Waals surface area contributed by atoms with Gasteiger partial charge in [0.2, 0.25) is 5.28 Å². The number of hydrogen-bond donors (Lipinski definition) is 0. The van der Waals surface area contributed by atoms with Crippen LogP contribution in [0.4, 0.5) is 0 Å². The van der Waals surface area contributed by atoms with Gasteiger partial charge in [-0.3, -0.25) is 0 Å². The lowest BCUT2D eigenvalue weighted by molar-refractivity contribution is 1.07. The lowest BCUT2D eigenvalue weighted by atomic mass is 9.94. The molecule has 0 bridgehead atoms. The van der Waals surface area contributed by atoms with E-state index in [-0.39, 0.29) is 5.28 Å². The van der Waals surface area contributed by atoms with E-state index < -0.39 is 0 Å². The van der Waals surface area contributed by atoms with Crippen LogP contribution in [0.1, 0.15) is 0 Å². The van der Waals surface area contributed by atoms with E-state index in [0.29, 0.717) is 11.6 Å². The van der Waals surface area contributed by atoms with E-state index in [2.05, 4.69) is 143 Å². The number of fused-ring (bicyclic) bond motifs is 2. The summed E-state index contributed by atoms with van der Waals surface area (Å²) in [5, 5.41) is 4.88. The van der Waals surface area contributed by atoms with Crippen LogP contribution in [0, 0.1) is 0 Å². The topological polar surface area (TPSA) is 38.7 Å². The van der Waals surface area contributed by atoms with Crippen molar-refractivity contribution in [1.29, 1.82) is 0 Å². The highest BCUT2D eigenvalue weighted by Crippen LogP contribution is 2.34. The Balaban J connectivity index is 1.14. The average molecular weight is 596 g/mol. The molecule has 4 heteroatoms. The zero-order valence-corrected chi connectivity index (χ0v) is 25.0. The Labute approximate surface area is 266 Å². The van der Waals surface area contributed by atoms with Gasteiger partial charge in [0.05, 0.1) is 0 Å². The van der Waals surface area contributed by atoms with Gasteiger partial charge in [-0.2, -0.15) is 9.97 Å². The van der Waals surface area contributed by atoms with E-state index >= 15 is 0 Å². The molecule has 0 amide bonds. The Morgan fingerprint density at radius 2 is 0.867 bits per heavy atom. The average Bonchev–Trinajstić information content (AvgIpc) is 3.11. The number of hydrogen-bond acceptors (Lipinski definition) is 3. The SMILES string of the molecule is Clc1nc(-c2ccc(-c3ccccc3-c3ccccc3)cc2)nc(-c2ccc3ccc(-c4cccc5ccccc45)cc3c2)n1. The molecule has 0 N–H and O–H groups in total. The maximum absolute atomic E-state index is 6.48. The first kappa shape index (κ1) is 26.9. The predicted molar refractivity (Wildman–Crippen MR) is 187 cm³/mol. The van der Waals surface area contributed by atoms with Crippen molar-refractivity contribution < 1.29 is 0 Å². The number of aromatic nitrogens is 3. The highest BCUT2D eigenvalue weighted by atomic mass is 35.5. The Hall–Kier alpha value is -5.64. The maximum Gasteiger partial charge on any atom is 0.226 e. The van der Waals surface area contributed by atoms with Crippen molar-refractivity contribution in [2.24, 2.45) is 0 Å². The smallest absolute Gasteiger partial charge is 0.208 e. The second kappa shape index (κ2) is 11.5. The molecule has 0 radical (unpaired) electrons. The van der Waals surface area contributed by atoms with Gasteiger partial charge in [0.1, 0.15) is 0 Å². The molecule has 0 aliphatic carbocycles. The van der Waals surface area contributed by atoms with Crippen molar-refractivity contribution >= 4 is 33.1 Å². The van der Waals surface area contributed by atoms with Crippen molar-refractivity contribution in [3.63, 3.8) is 0 Å². The van der Waals surface area contributed by atoms with Crippen molar-refractivity contribution in [1.82, 2.24) is 15.0 Å². The fraction of sp³-hybridized carbons (Fsp3) is 0. The van der Waals surface area contributed by atoms with Gasteiger partial charge >= 0.3 is 0 Å². The van der Waals surface area contributed by atoms with Gasteiger partial charge in [-0.15, -0.1) is 0 Å². The van der Waals surface area contributed by atoms with Crippen molar-refractivity contribution in [2.75, 3.05) is 0 Å². The Morgan fingerprint density at radius 1 is 0.333 bits per heavy atom. The molecular weight excluding hydrogens is 570 g/mol. The van der Waals surface area contributed by atoms with Gasteiger partial charge in [0.15, 0.2) is 11.6 Å². The fourth-order valence-electron chi connectivity index (χ4n) is 6.04. The summed E-state index contributed by atoms with van der Waals surface area (Å²) in [5.74, 6) is 1.08. The van der Waals surface area contributed by atoms with Crippen LogP contribution in [-0.4, -0.2) is 15.0 Å². The minimum atomic E-state index is 0.165. The molecule has 0 aliphatic rings. The molecule has 1 aromatic heterocycles. The lowest BCUT2D eigenvalue weighted by Crippen LogP contribution is -1.97. The van der Waals surface area contributed by atoms with Gasteiger partial charge in [-0.25, -0.2) is 4.98 Å². The van der Waals surface area contributed by atoms with E-state index in [1.54, 1.807) is 0 Å². The molecule has 0 aliphatic heterocycles. The van der Waals surface area contributed by atoms with Gasteiger partial charge in [-0.05, 0) is 78.7 Å². The maximum atomic E-state index is 6.48. The molecule has 0 spiro atoms. The summed E-state index contributed by atoms with van der Waals surface area (Å²) in [5.41, 5.74) is 8.80. The van der Waals surface area contributed by atoms with Crippen LogP contribution in [0.3, 0.4) is 0 Å². The number of benzene rings is 7. The molecule has 45 heavy (non-hydrogen) atoms. The number of halogens is 1. The van der Waals surface area contributed by atoms with Crippen LogP contribution in [0.15, 0.2) is 158 Å². The van der Waals surface area contributed by atoms with Crippen molar-refractivity contribution in [3.8, 4) is 56.2 Å². The van der Waals surface area contributed by atoms with Crippen molar-refractivity contribution in [2.45, 2.75) is 0 Å². The minimum Gasteiger partial charge on any atom is -0.208 e. The predicted octanol–water partition coefficient (Wildman–Crippen LogP) is 11.2. The molecule has 8 aromatic rings. The molecule has 212 valence electrons. The molecule has 8 rings (SSSR count). The normalized spacial score (nSPS) is 11.2. The third-order valence-corrected chi connectivity index (χ3v) is 8.44. The van der Waals surface area contributed by atoms with Gasteiger partial charge in [-0.1, -0.05) is 146 Å². The third-order valence-electron chi connectivity index (χ3n) is 8.27. The Morgan fingerprint density at radius 3 is 1.64 bits per heavy atom. The first-order chi connectivity index (χ1) is 22.2. The molecule has 7 aromatic carbocycles. The van der Waals surface area contributed by atoms with Crippen LogP contribution in [0.5, 0.6) is 0 Å². The van der Waals surface area contributed by atoms with Gasteiger partial charge in [0.25, 0.3) is 0 Å². The number of nitrogens with zero attached hydrogens (tertiary/aromatic N) is 3. The van der Waals surface area contributed by atoms with Gasteiger partial charge in [0, 0.05) is 11.1 Å². The standard InChI is InChI=1S/C41H26ClN3/c42-41-44-39(31-21-19-30(20-22-31)37-15-7-6-14-35(37)28-9-2-1-3-10-28)43-40(45-41)33-24-18-27-17-23-32(25-34(27)26-33)38-16-8-12-29-11-4-5-13-36(29)38/h1-26H. The molecule has 0 unspecified atom stereocenters. The van der Waals surface area contributed by atoms with E-state index in [4.69, 9.17) is 16.6 Å². The van der Waals surface area contributed by atoms with Crippen LogP contribution in [-0.2, 0) is 0 Å². The zero-order chi connectivity index (χ0) is 30.2. The van der Waals surface area contributed by atoms with E-state index in [1.807, 2.05) is 24.3 Å². The van der Waals surface area contributed by atoms with Crippen LogP contribution < -0.4 is 0 Å². The quantitative estimate of drug-likeness (QED) is 0.199. The lowest BCUT2D eigenvalue weighted by Gasteiger charge is -2.11. The molecule has 0 saturated carbocycles. The number of rotatable bonds is 5. The minimum absolute atomic E-state index is 0.165. The van der Waals surface area contributed by atoms with Crippen LogP contribution in [0.25, 0.3) is 77.7 Å². The molecule has 0 fully saturated rings. The summed E-state index contributed by atoms with van der Waals surface area (Å²) in [6.45, 7) is 0. The van der Waals surface area contributed by atoms with Crippen molar-refractivity contribution in [3.05, 3.63) is 163 Å². The summed E-state index contributed by atoms with van der Waals surface area (Å²) in [6, 6.07) is 55.0. The zero-order valence-electron chi connectivity index (χ0n) is 24.2. The highest BCUT2D eigenvalue weighted by Gasteiger charge is 2.13. The second-order valence-electron chi connectivity index (χ2n) is 11.0. The van der Waals surface area contributed by atoms with E-state index in [1.165, 1.54) is 38.6 Å². The third kappa shape index (κ3) is 5.24. The van der Waals surface area contributed by atoms with E-state index in [0.717, 1.165) is 27.5 Å². The summed E-state index contributed by atoms with van der Waals surface area (Å²) in [4.78, 5) is 13.9. The summed E-state index contributed by atoms with van der Waals surface area (Å²) < 4.78 is 0. The summed E-state index contributed by atoms with van der Waals surface area (Å²) in [7, 11) is 0. The second-order valence-corrected chi connectivity index (χ2v) is 11.4. The Bertz CT molecular complexity index is 2320. The van der Waals surface area contributed by atoms with Crippen LogP contribution in [0.2, 0.25) is 5.28 Å². The summed E-state index contributed by atoms with van der Waals surface area (Å²) in [6.07, 6.45) is 0. The largest absolute Gasteiger partial charge is 0.226 e. The molecule has 0 saturated heterocycles. The van der Waals surface area contributed by atoms with E-state index in [9.17, 15) is 0 Å². The Kier molecular flexibility index (Phi) is 6.86. The first-order valence-electron chi connectivity index (χ1n) is 14.9. The van der Waals surface area contributed by atoms with Crippen LogP contribution >= 0.6 is 11.6 Å². The molecule has 1 heterocycles. The first-order valence-corrected chi connectivity index (χ1v) is 15.3. The molecular formula is C41H26ClN3.